The van der Waals surface area contributed by atoms with E-state index in [4.69, 9.17) is 0 Å². The smallest absolute Gasteiger partial charge is 0.235 e. The normalized spacial score (nSPS) is 18.6. The van der Waals surface area contributed by atoms with E-state index in [0.717, 1.165) is 31.5 Å². The molecule has 1 heterocycles. The summed E-state index contributed by atoms with van der Waals surface area (Å²) in [5.74, 6) is 0.464. The molecule has 0 bridgehead atoms. The highest BCUT2D eigenvalue weighted by Gasteiger charge is 2.22. The highest BCUT2D eigenvalue weighted by atomic mass is 32.2. The lowest BCUT2D eigenvalue weighted by Crippen LogP contribution is -2.37. The topological polar surface area (TPSA) is 40.6 Å². The summed E-state index contributed by atoms with van der Waals surface area (Å²) in [6.45, 7) is 2.71. The number of hydrogen-bond donors (Lipinski definition) is 0. The standard InChI is InChI=1S/C16H24N2O2S/c1-17-11-8-16(9-12-17)14-18(2)21(19,20)13-10-15-6-4-3-5-7-15/h3-7,10,13,16H,8-9,11-12,14H2,1-2H3/b13-10+. The lowest BCUT2D eigenvalue weighted by Gasteiger charge is -2.30. The molecule has 0 aliphatic carbocycles. The van der Waals surface area contributed by atoms with Crippen LogP contribution in [0.3, 0.4) is 0 Å². The van der Waals surface area contributed by atoms with Gasteiger partial charge in [-0.25, -0.2) is 12.7 Å². The summed E-state index contributed by atoms with van der Waals surface area (Å²) in [4.78, 5) is 2.29. The van der Waals surface area contributed by atoms with Gasteiger partial charge in [0.15, 0.2) is 0 Å². The van der Waals surface area contributed by atoms with E-state index in [9.17, 15) is 8.42 Å². The fourth-order valence-corrected chi connectivity index (χ4v) is 3.50. The third-order valence-corrected chi connectivity index (χ3v) is 5.52. The summed E-state index contributed by atoms with van der Waals surface area (Å²) < 4.78 is 26.0. The molecule has 0 spiro atoms. The molecule has 2 rings (SSSR count). The second kappa shape index (κ2) is 7.20. The maximum absolute atomic E-state index is 12.3. The fraction of sp³-hybridized carbons (Fsp3) is 0.500. The monoisotopic (exact) mass is 308 g/mol. The average molecular weight is 308 g/mol. The van der Waals surface area contributed by atoms with E-state index < -0.39 is 10.0 Å². The fourth-order valence-electron chi connectivity index (χ4n) is 2.54. The van der Waals surface area contributed by atoms with Crippen LogP contribution in [0.4, 0.5) is 0 Å². The predicted octanol–water partition coefficient (Wildman–Crippen LogP) is 2.26. The van der Waals surface area contributed by atoms with Crippen LogP contribution in [-0.2, 0) is 10.0 Å². The van der Waals surface area contributed by atoms with Crippen LogP contribution >= 0.6 is 0 Å². The Morgan fingerprint density at radius 2 is 1.86 bits per heavy atom. The molecule has 0 unspecified atom stereocenters. The van der Waals surface area contributed by atoms with E-state index in [1.807, 2.05) is 30.3 Å². The first-order chi connectivity index (χ1) is 9.97. The van der Waals surface area contributed by atoms with Crippen molar-refractivity contribution in [1.82, 2.24) is 9.21 Å². The maximum Gasteiger partial charge on any atom is 0.235 e. The Morgan fingerprint density at radius 1 is 1.24 bits per heavy atom. The van der Waals surface area contributed by atoms with Gasteiger partial charge in [0.25, 0.3) is 0 Å². The Bertz CT molecular complexity index is 561. The number of likely N-dealkylation sites (tertiary alicyclic amines) is 1. The van der Waals surface area contributed by atoms with Gasteiger partial charge in [0, 0.05) is 19.0 Å². The third-order valence-electron chi connectivity index (χ3n) is 4.02. The number of sulfonamides is 1. The van der Waals surface area contributed by atoms with Crippen molar-refractivity contribution in [1.29, 1.82) is 0 Å². The molecule has 0 saturated carbocycles. The van der Waals surface area contributed by atoms with E-state index in [-0.39, 0.29) is 0 Å². The van der Waals surface area contributed by atoms with Gasteiger partial charge in [0.05, 0.1) is 0 Å². The van der Waals surface area contributed by atoms with Crippen molar-refractivity contribution in [2.75, 3.05) is 33.7 Å². The number of rotatable bonds is 5. The zero-order chi connectivity index (χ0) is 15.3. The highest BCUT2D eigenvalue weighted by Crippen LogP contribution is 2.18. The lowest BCUT2D eigenvalue weighted by molar-refractivity contribution is 0.202. The van der Waals surface area contributed by atoms with Gasteiger partial charge in [-0.1, -0.05) is 30.3 Å². The molecule has 116 valence electrons. The van der Waals surface area contributed by atoms with Crippen LogP contribution in [0.1, 0.15) is 18.4 Å². The Balaban J connectivity index is 1.94. The van der Waals surface area contributed by atoms with Crippen molar-refractivity contribution in [3.8, 4) is 0 Å². The first kappa shape index (κ1) is 16.2. The molecule has 1 fully saturated rings. The molecule has 1 aliphatic rings. The number of nitrogens with zero attached hydrogens (tertiary/aromatic N) is 2. The van der Waals surface area contributed by atoms with Crippen molar-refractivity contribution < 1.29 is 8.42 Å². The van der Waals surface area contributed by atoms with Crippen molar-refractivity contribution in [2.24, 2.45) is 5.92 Å². The Hall–Kier alpha value is -1.17. The molecule has 0 radical (unpaired) electrons. The Kier molecular flexibility index (Phi) is 5.56. The van der Waals surface area contributed by atoms with Crippen molar-refractivity contribution in [2.45, 2.75) is 12.8 Å². The molecular formula is C16H24N2O2S. The average Bonchev–Trinajstić information content (AvgIpc) is 2.48. The van der Waals surface area contributed by atoms with Crippen LogP contribution in [-0.4, -0.2) is 51.4 Å². The van der Waals surface area contributed by atoms with Crippen LogP contribution in [0, 0.1) is 5.92 Å². The quantitative estimate of drug-likeness (QED) is 0.838. The van der Waals surface area contributed by atoms with Crippen LogP contribution in [0.15, 0.2) is 35.7 Å². The number of benzene rings is 1. The first-order valence-electron chi connectivity index (χ1n) is 7.35. The van der Waals surface area contributed by atoms with Crippen LogP contribution in [0.25, 0.3) is 6.08 Å². The Labute approximate surface area is 128 Å². The molecular weight excluding hydrogens is 284 g/mol. The minimum Gasteiger partial charge on any atom is -0.306 e. The zero-order valence-electron chi connectivity index (χ0n) is 12.8. The summed E-state index contributed by atoms with van der Waals surface area (Å²) in [6.07, 6.45) is 3.79. The zero-order valence-corrected chi connectivity index (χ0v) is 13.6. The minimum absolute atomic E-state index is 0.464. The molecule has 0 amide bonds. The molecule has 1 aromatic rings. The van der Waals surface area contributed by atoms with Crippen molar-refractivity contribution in [3.63, 3.8) is 0 Å². The van der Waals surface area contributed by atoms with Crippen molar-refractivity contribution >= 4 is 16.1 Å². The van der Waals surface area contributed by atoms with E-state index in [0.29, 0.717) is 12.5 Å². The van der Waals surface area contributed by atoms with Gasteiger partial charge in [-0.2, -0.15) is 0 Å². The van der Waals surface area contributed by atoms with E-state index in [2.05, 4.69) is 11.9 Å². The molecule has 1 saturated heterocycles. The molecule has 21 heavy (non-hydrogen) atoms. The van der Waals surface area contributed by atoms with Gasteiger partial charge in [-0.15, -0.1) is 0 Å². The summed E-state index contributed by atoms with van der Waals surface area (Å²) in [6, 6.07) is 9.49. The summed E-state index contributed by atoms with van der Waals surface area (Å²) >= 11 is 0. The minimum atomic E-state index is -3.33. The molecule has 0 atom stereocenters. The van der Waals surface area contributed by atoms with Crippen LogP contribution in [0.2, 0.25) is 0 Å². The van der Waals surface area contributed by atoms with Crippen LogP contribution < -0.4 is 0 Å². The van der Waals surface area contributed by atoms with Gasteiger partial charge in [-0.3, -0.25) is 0 Å². The van der Waals surface area contributed by atoms with Gasteiger partial charge < -0.3 is 4.90 Å². The van der Waals surface area contributed by atoms with Crippen LogP contribution in [0.5, 0.6) is 0 Å². The largest absolute Gasteiger partial charge is 0.306 e. The molecule has 0 N–H and O–H groups in total. The van der Waals surface area contributed by atoms with E-state index in [1.54, 1.807) is 13.1 Å². The molecule has 1 aliphatic heterocycles. The van der Waals surface area contributed by atoms with E-state index in [1.165, 1.54) is 9.71 Å². The molecule has 1 aromatic carbocycles. The predicted molar refractivity (Wildman–Crippen MR) is 87.2 cm³/mol. The van der Waals surface area contributed by atoms with Gasteiger partial charge in [0.2, 0.25) is 10.0 Å². The van der Waals surface area contributed by atoms with Crippen molar-refractivity contribution in [3.05, 3.63) is 41.3 Å². The summed E-state index contributed by atoms with van der Waals surface area (Å²) in [5.41, 5.74) is 0.897. The van der Waals surface area contributed by atoms with E-state index >= 15 is 0 Å². The maximum atomic E-state index is 12.3. The Morgan fingerprint density at radius 3 is 2.48 bits per heavy atom. The van der Waals surface area contributed by atoms with Gasteiger partial charge in [-0.05, 0) is 50.5 Å². The second-order valence-corrected chi connectivity index (χ2v) is 7.71. The summed E-state index contributed by atoms with van der Waals surface area (Å²) in [5, 5.41) is 1.30. The molecule has 5 heteroatoms. The SMILES string of the molecule is CN1CCC(CN(C)S(=O)(=O)/C=C/c2ccccc2)CC1. The third kappa shape index (κ3) is 4.95. The summed E-state index contributed by atoms with van der Waals surface area (Å²) in [7, 11) is 0.448. The lowest BCUT2D eigenvalue weighted by atomic mass is 9.97. The highest BCUT2D eigenvalue weighted by molar-refractivity contribution is 7.92. The number of hydrogen-bond acceptors (Lipinski definition) is 3. The second-order valence-electron chi connectivity index (χ2n) is 5.79. The molecule has 0 aromatic heterocycles. The van der Waals surface area contributed by atoms with Gasteiger partial charge >= 0.3 is 0 Å². The molecule has 4 nitrogen and oxygen atoms in total. The van der Waals surface area contributed by atoms with Gasteiger partial charge in [0.1, 0.15) is 0 Å². The number of piperidine rings is 1. The first-order valence-corrected chi connectivity index (χ1v) is 8.86.